The number of primary amides is 1. The number of carboxylic acid groups (broad SMARTS) is 1. The molecule has 2 unspecified atom stereocenters. The number of carbonyl (C=O) groups is 2. The van der Waals surface area contributed by atoms with Gasteiger partial charge in [-0.05, 0) is 44.4 Å². The summed E-state index contributed by atoms with van der Waals surface area (Å²) in [5.41, 5.74) is 8.81. The van der Waals surface area contributed by atoms with E-state index in [0.29, 0.717) is 24.8 Å². The van der Waals surface area contributed by atoms with Crippen LogP contribution in [0.25, 0.3) is 0 Å². The van der Waals surface area contributed by atoms with E-state index in [9.17, 15) is 18.0 Å². The van der Waals surface area contributed by atoms with Crippen LogP contribution >= 0.6 is 0 Å². The SMILES string of the molecule is Cc1cnc(CNc2nc(N3CCC(CC(N)=O)C3)nc3c2CC(C)CC3)[nH]1.O=C(O)C(F)(F)F. The fraction of sp³-hybridized carbons (Fsp3) is 0.591. The molecule has 0 bridgehead atoms. The molecule has 10 nitrogen and oxygen atoms in total. The highest BCUT2D eigenvalue weighted by Crippen LogP contribution is 2.32. The Morgan fingerprint density at radius 2 is 2.03 bits per heavy atom. The van der Waals surface area contributed by atoms with Crippen molar-refractivity contribution in [3.8, 4) is 0 Å². The molecule has 13 heteroatoms. The Morgan fingerprint density at radius 3 is 2.63 bits per heavy atom. The molecular weight excluding hydrogens is 467 g/mol. The molecule has 0 spiro atoms. The van der Waals surface area contributed by atoms with Crippen molar-refractivity contribution in [2.24, 2.45) is 17.6 Å². The molecule has 3 heterocycles. The third kappa shape index (κ3) is 7.30. The number of nitrogens with zero attached hydrogens (tertiary/aromatic N) is 4. The number of halogens is 3. The van der Waals surface area contributed by atoms with Crippen molar-refractivity contribution in [3.05, 3.63) is 29.0 Å². The van der Waals surface area contributed by atoms with E-state index in [1.807, 2.05) is 13.1 Å². The molecule has 1 fully saturated rings. The highest BCUT2D eigenvalue weighted by atomic mass is 19.4. The number of amides is 1. The number of aliphatic carboxylic acids is 1. The average molecular weight is 498 g/mol. The van der Waals surface area contributed by atoms with E-state index in [4.69, 9.17) is 25.6 Å². The molecular formula is C22H30F3N7O3. The second-order valence-electron chi connectivity index (χ2n) is 9.09. The van der Waals surface area contributed by atoms with Gasteiger partial charge in [-0.15, -0.1) is 0 Å². The zero-order valence-corrected chi connectivity index (χ0v) is 19.7. The van der Waals surface area contributed by atoms with Crippen LogP contribution < -0.4 is 16.0 Å². The molecule has 1 saturated heterocycles. The average Bonchev–Trinajstić information content (AvgIpc) is 3.40. The first-order valence-electron chi connectivity index (χ1n) is 11.4. The lowest BCUT2D eigenvalue weighted by Crippen LogP contribution is -2.26. The Labute approximate surface area is 200 Å². The van der Waals surface area contributed by atoms with Gasteiger partial charge in [-0.25, -0.2) is 14.8 Å². The number of carbonyl (C=O) groups excluding carboxylic acids is 1. The van der Waals surface area contributed by atoms with Crippen molar-refractivity contribution in [2.45, 2.75) is 58.7 Å². The van der Waals surface area contributed by atoms with E-state index in [1.54, 1.807) is 0 Å². The topological polar surface area (TPSA) is 150 Å². The molecule has 5 N–H and O–H groups in total. The minimum atomic E-state index is -5.08. The van der Waals surface area contributed by atoms with Crippen molar-refractivity contribution >= 4 is 23.6 Å². The van der Waals surface area contributed by atoms with Crippen LogP contribution in [0.2, 0.25) is 0 Å². The van der Waals surface area contributed by atoms with Crippen LogP contribution in [0.1, 0.15) is 49.0 Å². The lowest BCUT2D eigenvalue weighted by atomic mass is 9.88. The number of aromatic amines is 1. The Bertz CT molecular complexity index is 1060. The van der Waals surface area contributed by atoms with Gasteiger partial charge in [0.15, 0.2) is 0 Å². The molecule has 0 saturated carbocycles. The fourth-order valence-corrected chi connectivity index (χ4v) is 4.25. The molecule has 2 atom stereocenters. The maximum absolute atomic E-state index is 11.3. The van der Waals surface area contributed by atoms with Crippen LogP contribution in [-0.2, 0) is 29.0 Å². The maximum Gasteiger partial charge on any atom is 0.490 e. The van der Waals surface area contributed by atoms with Gasteiger partial charge in [0.25, 0.3) is 0 Å². The first kappa shape index (κ1) is 26.2. The molecule has 192 valence electrons. The Morgan fingerprint density at radius 1 is 1.31 bits per heavy atom. The van der Waals surface area contributed by atoms with Crippen LogP contribution in [-0.4, -0.2) is 56.2 Å². The van der Waals surface area contributed by atoms with Gasteiger partial charge in [0.05, 0.1) is 12.2 Å². The van der Waals surface area contributed by atoms with Gasteiger partial charge in [-0.1, -0.05) is 6.92 Å². The van der Waals surface area contributed by atoms with Crippen molar-refractivity contribution in [1.82, 2.24) is 19.9 Å². The quantitative estimate of drug-likeness (QED) is 0.476. The second-order valence-corrected chi connectivity index (χ2v) is 9.09. The number of imidazole rings is 1. The normalized spacial score (nSPS) is 19.5. The number of nitrogens with one attached hydrogen (secondary N) is 2. The number of aryl methyl sites for hydroxylation is 2. The van der Waals surface area contributed by atoms with E-state index in [0.717, 1.165) is 67.8 Å². The fourth-order valence-electron chi connectivity index (χ4n) is 4.25. The monoisotopic (exact) mass is 497 g/mol. The van der Waals surface area contributed by atoms with E-state index in [1.165, 1.54) is 5.56 Å². The summed E-state index contributed by atoms with van der Waals surface area (Å²) in [7, 11) is 0. The Hall–Kier alpha value is -3.38. The number of alkyl halides is 3. The van der Waals surface area contributed by atoms with E-state index >= 15 is 0 Å². The number of nitrogens with two attached hydrogens (primary N) is 1. The molecule has 1 aliphatic carbocycles. The number of aromatic nitrogens is 4. The number of hydrogen-bond acceptors (Lipinski definition) is 7. The lowest BCUT2D eigenvalue weighted by molar-refractivity contribution is -0.192. The molecule has 2 aliphatic rings. The molecule has 35 heavy (non-hydrogen) atoms. The molecule has 2 aromatic rings. The number of carboxylic acids is 1. The predicted molar refractivity (Wildman–Crippen MR) is 122 cm³/mol. The molecule has 1 amide bonds. The zero-order chi connectivity index (χ0) is 25.8. The van der Waals surface area contributed by atoms with Crippen molar-refractivity contribution in [2.75, 3.05) is 23.3 Å². The van der Waals surface area contributed by atoms with Crippen LogP contribution in [0.15, 0.2) is 6.20 Å². The summed E-state index contributed by atoms with van der Waals surface area (Å²) in [6, 6.07) is 0. The van der Waals surface area contributed by atoms with Crippen molar-refractivity contribution < 1.29 is 27.9 Å². The highest BCUT2D eigenvalue weighted by Gasteiger charge is 2.38. The highest BCUT2D eigenvalue weighted by molar-refractivity contribution is 5.74. The van der Waals surface area contributed by atoms with Crippen LogP contribution in [0.3, 0.4) is 0 Å². The van der Waals surface area contributed by atoms with Crippen LogP contribution in [0.4, 0.5) is 24.9 Å². The first-order valence-corrected chi connectivity index (χ1v) is 11.4. The predicted octanol–water partition coefficient (Wildman–Crippen LogP) is 2.58. The maximum atomic E-state index is 11.3. The minimum absolute atomic E-state index is 0.233. The molecule has 2 aromatic heterocycles. The van der Waals surface area contributed by atoms with Crippen LogP contribution in [0.5, 0.6) is 0 Å². The number of anilines is 2. The van der Waals surface area contributed by atoms with Crippen LogP contribution in [0, 0.1) is 18.8 Å². The third-order valence-corrected chi connectivity index (χ3v) is 5.99. The summed E-state index contributed by atoms with van der Waals surface area (Å²) in [4.78, 5) is 39.8. The van der Waals surface area contributed by atoms with Gasteiger partial charge in [0.1, 0.15) is 11.6 Å². The molecule has 0 aromatic carbocycles. The zero-order valence-electron chi connectivity index (χ0n) is 19.7. The van der Waals surface area contributed by atoms with E-state index < -0.39 is 12.1 Å². The molecule has 1 aliphatic heterocycles. The van der Waals surface area contributed by atoms with Gasteiger partial charge in [0, 0.05) is 37.0 Å². The number of rotatable bonds is 6. The molecule has 0 radical (unpaired) electrons. The Kier molecular flexibility index (Phi) is 8.18. The van der Waals surface area contributed by atoms with Gasteiger partial charge in [-0.2, -0.15) is 18.2 Å². The third-order valence-electron chi connectivity index (χ3n) is 5.99. The van der Waals surface area contributed by atoms with Gasteiger partial charge < -0.3 is 26.0 Å². The van der Waals surface area contributed by atoms with Gasteiger partial charge >= 0.3 is 12.1 Å². The number of fused-ring (bicyclic) bond motifs is 1. The van der Waals surface area contributed by atoms with Crippen molar-refractivity contribution in [1.29, 1.82) is 0 Å². The smallest absolute Gasteiger partial charge is 0.475 e. The van der Waals surface area contributed by atoms with Gasteiger partial charge in [0.2, 0.25) is 11.9 Å². The van der Waals surface area contributed by atoms with E-state index in [-0.39, 0.29) is 5.91 Å². The molecule has 4 rings (SSSR count). The minimum Gasteiger partial charge on any atom is -0.475 e. The second kappa shape index (κ2) is 10.9. The summed E-state index contributed by atoms with van der Waals surface area (Å²) in [6.45, 7) is 6.54. The summed E-state index contributed by atoms with van der Waals surface area (Å²) in [6.07, 6.45) is 1.28. The summed E-state index contributed by atoms with van der Waals surface area (Å²) in [5.74, 6) is 0.519. The first-order chi connectivity index (χ1) is 16.4. The summed E-state index contributed by atoms with van der Waals surface area (Å²) < 4.78 is 31.7. The van der Waals surface area contributed by atoms with Crippen molar-refractivity contribution in [3.63, 3.8) is 0 Å². The largest absolute Gasteiger partial charge is 0.490 e. The summed E-state index contributed by atoms with van der Waals surface area (Å²) in [5, 5.41) is 10.6. The Balaban J connectivity index is 0.000000429. The number of H-pyrrole nitrogens is 1. The standard InChI is InChI=1S/C20H29N7O.C2HF3O2/c1-12-3-4-16-15(7-12)19(23-10-18-22-9-13(2)24-18)26-20(25-16)27-6-5-14(11-27)8-17(21)28;3-2(4,5)1(6)7/h9,12,14H,3-8,10-11H2,1-2H3,(H2,21,28)(H,22,24)(H,23,25,26);(H,6,7). The van der Waals surface area contributed by atoms with E-state index in [2.05, 4.69) is 27.1 Å². The summed E-state index contributed by atoms with van der Waals surface area (Å²) >= 11 is 0. The number of hydrogen-bond donors (Lipinski definition) is 4. The van der Waals surface area contributed by atoms with Gasteiger partial charge in [-0.3, -0.25) is 4.79 Å². The lowest BCUT2D eigenvalue weighted by Gasteiger charge is -2.26.